The molecule has 1 atom stereocenters. The minimum atomic E-state index is -0.584. The fourth-order valence-corrected chi connectivity index (χ4v) is 2.92. The van der Waals surface area contributed by atoms with Gasteiger partial charge in [-0.1, -0.05) is 39.0 Å². The number of hydrogen-bond acceptors (Lipinski definition) is 2. The van der Waals surface area contributed by atoms with Crippen LogP contribution in [0.3, 0.4) is 0 Å². The van der Waals surface area contributed by atoms with Gasteiger partial charge in [-0.3, -0.25) is 0 Å². The molecule has 0 aromatic carbocycles. The summed E-state index contributed by atoms with van der Waals surface area (Å²) in [6.45, 7) is 4.67. The van der Waals surface area contributed by atoms with Crippen LogP contribution in [-0.2, 0) is 0 Å². The molecule has 0 spiro atoms. The van der Waals surface area contributed by atoms with E-state index in [2.05, 4.69) is 6.92 Å². The van der Waals surface area contributed by atoms with Crippen LogP contribution in [0.4, 0.5) is 0 Å². The van der Waals surface area contributed by atoms with Crippen molar-refractivity contribution in [2.24, 2.45) is 11.1 Å². The monoisotopic (exact) mass is 213 g/mol. The predicted molar refractivity (Wildman–Crippen MR) is 64.7 cm³/mol. The molecule has 0 radical (unpaired) electrons. The van der Waals surface area contributed by atoms with Gasteiger partial charge in [0, 0.05) is 12.0 Å². The zero-order chi connectivity index (χ0) is 11.4. The number of aliphatic hydroxyl groups is 1. The van der Waals surface area contributed by atoms with Crippen LogP contribution in [0.2, 0.25) is 0 Å². The molecule has 1 fully saturated rings. The summed E-state index contributed by atoms with van der Waals surface area (Å²) < 4.78 is 0. The van der Waals surface area contributed by atoms with E-state index in [-0.39, 0.29) is 5.41 Å². The number of hydrogen-bond donors (Lipinski definition) is 2. The molecule has 15 heavy (non-hydrogen) atoms. The largest absolute Gasteiger partial charge is 0.390 e. The van der Waals surface area contributed by atoms with Crippen LogP contribution in [0, 0.1) is 5.41 Å². The van der Waals surface area contributed by atoms with E-state index in [0.29, 0.717) is 6.54 Å². The molecule has 0 saturated heterocycles. The normalized spacial score (nSPS) is 26.4. The van der Waals surface area contributed by atoms with Crippen molar-refractivity contribution in [2.45, 2.75) is 70.8 Å². The molecule has 0 aromatic rings. The molecule has 3 N–H and O–H groups in total. The highest BCUT2D eigenvalue weighted by Gasteiger charge is 2.43. The van der Waals surface area contributed by atoms with Crippen molar-refractivity contribution >= 4 is 0 Å². The molecule has 0 amide bonds. The lowest BCUT2D eigenvalue weighted by atomic mass is 9.64. The van der Waals surface area contributed by atoms with E-state index in [0.717, 1.165) is 19.3 Å². The van der Waals surface area contributed by atoms with E-state index >= 15 is 0 Å². The van der Waals surface area contributed by atoms with Crippen molar-refractivity contribution in [1.29, 1.82) is 0 Å². The van der Waals surface area contributed by atoms with Gasteiger partial charge in [-0.05, 0) is 26.2 Å². The average molecular weight is 213 g/mol. The lowest BCUT2D eigenvalue weighted by molar-refractivity contribution is -0.0824. The third-order valence-electron chi connectivity index (χ3n) is 4.53. The maximum Gasteiger partial charge on any atom is 0.0685 e. The van der Waals surface area contributed by atoms with E-state index in [4.69, 9.17) is 5.73 Å². The van der Waals surface area contributed by atoms with Gasteiger partial charge in [0.05, 0.1) is 5.60 Å². The fourth-order valence-electron chi connectivity index (χ4n) is 2.92. The van der Waals surface area contributed by atoms with Gasteiger partial charge in [-0.25, -0.2) is 0 Å². The van der Waals surface area contributed by atoms with Gasteiger partial charge in [0.1, 0.15) is 0 Å². The summed E-state index contributed by atoms with van der Waals surface area (Å²) in [7, 11) is 0. The standard InChI is InChI=1S/C13H27NO/c1-3-12(2,15)13(11-14)9-7-5-4-6-8-10-13/h15H,3-11,14H2,1-2H3. The third kappa shape index (κ3) is 2.73. The molecule has 1 rings (SSSR count). The number of nitrogens with two attached hydrogens (primary N) is 1. The van der Waals surface area contributed by atoms with E-state index in [1.165, 1.54) is 32.1 Å². The maximum atomic E-state index is 10.5. The van der Waals surface area contributed by atoms with Crippen LogP contribution < -0.4 is 5.73 Å². The van der Waals surface area contributed by atoms with Crippen LogP contribution in [0.1, 0.15) is 65.2 Å². The summed E-state index contributed by atoms with van der Waals surface area (Å²) >= 11 is 0. The van der Waals surface area contributed by atoms with E-state index in [9.17, 15) is 5.11 Å². The quantitative estimate of drug-likeness (QED) is 0.757. The fraction of sp³-hybridized carbons (Fsp3) is 1.00. The SMILES string of the molecule is CCC(C)(O)C1(CN)CCCCCCC1. The Bertz CT molecular complexity index is 181. The van der Waals surface area contributed by atoms with Crippen molar-refractivity contribution in [3.8, 4) is 0 Å². The van der Waals surface area contributed by atoms with Crippen molar-refractivity contribution in [3.05, 3.63) is 0 Å². The molecular weight excluding hydrogens is 186 g/mol. The summed E-state index contributed by atoms with van der Waals surface area (Å²) in [6, 6.07) is 0. The molecule has 0 bridgehead atoms. The first kappa shape index (κ1) is 13.0. The van der Waals surface area contributed by atoms with E-state index in [1.54, 1.807) is 0 Å². The van der Waals surface area contributed by atoms with Crippen LogP contribution in [0.25, 0.3) is 0 Å². The number of rotatable bonds is 3. The Labute approximate surface area is 94.2 Å². The highest BCUT2D eigenvalue weighted by atomic mass is 16.3. The Morgan fingerprint density at radius 3 is 2.00 bits per heavy atom. The summed E-state index contributed by atoms with van der Waals surface area (Å²) in [6.07, 6.45) is 9.44. The zero-order valence-electron chi connectivity index (χ0n) is 10.4. The average Bonchev–Trinajstić information content (AvgIpc) is 2.18. The Hall–Kier alpha value is -0.0800. The molecule has 0 aromatic heterocycles. The molecule has 2 nitrogen and oxygen atoms in total. The molecule has 90 valence electrons. The minimum Gasteiger partial charge on any atom is -0.390 e. The van der Waals surface area contributed by atoms with Crippen LogP contribution in [-0.4, -0.2) is 17.3 Å². The zero-order valence-corrected chi connectivity index (χ0v) is 10.4. The van der Waals surface area contributed by atoms with Crippen molar-refractivity contribution in [1.82, 2.24) is 0 Å². The predicted octanol–water partition coefficient (Wildman–Crippen LogP) is 2.84. The minimum absolute atomic E-state index is 0.0256. The van der Waals surface area contributed by atoms with Crippen LogP contribution in [0.15, 0.2) is 0 Å². The molecule has 1 aliphatic carbocycles. The van der Waals surface area contributed by atoms with Crippen LogP contribution in [0.5, 0.6) is 0 Å². The van der Waals surface area contributed by atoms with Gasteiger partial charge in [0.2, 0.25) is 0 Å². The molecule has 1 unspecified atom stereocenters. The van der Waals surface area contributed by atoms with E-state index in [1.807, 2.05) is 6.92 Å². The summed E-state index contributed by atoms with van der Waals surface area (Å²) in [5, 5.41) is 10.5. The van der Waals surface area contributed by atoms with Gasteiger partial charge in [0.25, 0.3) is 0 Å². The molecule has 1 aliphatic rings. The smallest absolute Gasteiger partial charge is 0.0685 e. The van der Waals surface area contributed by atoms with Gasteiger partial charge >= 0.3 is 0 Å². The second-order valence-corrected chi connectivity index (χ2v) is 5.38. The molecule has 0 aliphatic heterocycles. The molecular formula is C13H27NO. The second-order valence-electron chi connectivity index (χ2n) is 5.38. The molecule has 1 saturated carbocycles. The summed E-state index contributed by atoms with van der Waals surface area (Å²) in [4.78, 5) is 0. The summed E-state index contributed by atoms with van der Waals surface area (Å²) in [5.74, 6) is 0. The van der Waals surface area contributed by atoms with Gasteiger partial charge in [-0.15, -0.1) is 0 Å². The first-order chi connectivity index (χ1) is 7.08. The highest BCUT2D eigenvalue weighted by Crippen LogP contribution is 2.43. The Morgan fingerprint density at radius 2 is 1.60 bits per heavy atom. The first-order valence-electron chi connectivity index (χ1n) is 6.50. The van der Waals surface area contributed by atoms with Crippen molar-refractivity contribution in [3.63, 3.8) is 0 Å². The van der Waals surface area contributed by atoms with Gasteiger partial charge in [0.15, 0.2) is 0 Å². The Kier molecular flexibility index (Phi) is 4.60. The lowest BCUT2D eigenvalue weighted by Crippen LogP contribution is -2.50. The maximum absolute atomic E-state index is 10.5. The highest BCUT2D eigenvalue weighted by molar-refractivity contribution is 4.96. The molecule has 0 heterocycles. The topological polar surface area (TPSA) is 46.2 Å². The molecule has 2 heteroatoms. The Balaban J connectivity index is 2.79. The third-order valence-corrected chi connectivity index (χ3v) is 4.53. The van der Waals surface area contributed by atoms with Crippen molar-refractivity contribution in [2.75, 3.05) is 6.54 Å². The van der Waals surface area contributed by atoms with Gasteiger partial charge < -0.3 is 10.8 Å². The Morgan fingerprint density at radius 1 is 1.13 bits per heavy atom. The second kappa shape index (κ2) is 5.31. The summed E-state index contributed by atoms with van der Waals surface area (Å²) in [5.41, 5.74) is 5.35. The van der Waals surface area contributed by atoms with Crippen molar-refractivity contribution < 1.29 is 5.11 Å². The van der Waals surface area contributed by atoms with Gasteiger partial charge in [-0.2, -0.15) is 0 Å². The van der Waals surface area contributed by atoms with E-state index < -0.39 is 5.60 Å². The van der Waals surface area contributed by atoms with Crippen LogP contribution >= 0.6 is 0 Å². The first-order valence-corrected chi connectivity index (χ1v) is 6.50. The lowest BCUT2D eigenvalue weighted by Gasteiger charge is -2.46.